The first-order chi connectivity index (χ1) is 23.5. The molecular formula is C38H49N5O5. The molecule has 2 saturated heterocycles. The molecule has 0 spiro atoms. The van der Waals surface area contributed by atoms with Gasteiger partial charge in [0.1, 0.15) is 0 Å². The van der Waals surface area contributed by atoms with Crippen molar-refractivity contribution in [3.63, 3.8) is 0 Å². The zero-order chi connectivity index (χ0) is 33.5. The first-order valence-electron chi connectivity index (χ1n) is 17.2. The van der Waals surface area contributed by atoms with Gasteiger partial charge in [-0.3, -0.25) is 4.79 Å². The molecule has 0 radical (unpaired) electrons. The molecule has 10 nitrogen and oxygen atoms in total. The van der Waals surface area contributed by atoms with Gasteiger partial charge in [-0.25, -0.2) is 4.98 Å². The third kappa shape index (κ3) is 6.96. The molecule has 3 heterocycles. The Labute approximate surface area is 284 Å². The number of methoxy groups -OCH3 is 3. The lowest BCUT2D eigenvalue weighted by molar-refractivity contribution is 0.0780. The van der Waals surface area contributed by atoms with Gasteiger partial charge in [0.05, 0.1) is 39.0 Å². The Morgan fingerprint density at radius 1 is 0.854 bits per heavy atom. The first-order valence-corrected chi connectivity index (χ1v) is 17.2. The molecule has 1 atom stereocenters. The van der Waals surface area contributed by atoms with Crippen LogP contribution in [0.4, 0.5) is 5.95 Å². The first kappa shape index (κ1) is 33.6. The number of amides is 1. The van der Waals surface area contributed by atoms with Crippen LogP contribution < -0.4 is 19.1 Å². The van der Waals surface area contributed by atoms with Gasteiger partial charge in [-0.15, -0.1) is 0 Å². The number of para-hydroxylation sites is 2. The minimum absolute atomic E-state index is 0.0234. The van der Waals surface area contributed by atoms with Crippen LogP contribution in [0, 0.1) is 0 Å². The molecule has 0 N–H and O–H groups in total. The number of anilines is 1. The van der Waals surface area contributed by atoms with E-state index in [9.17, 15) is 4.79 Å². The molecule has 48 heavy (non-hydrogen) atoms. The highest BCUT2D eigenvalue weighted by Crippen LogP contribution is 2.41. The molecule has 0 saturated carbocycles. The van der Waals surface area contributed by atoms with E-state index < -0.39 is 0 Å². The number of likely N-dealkylation sites (tertiary alicyclic amines) is 1. The van der Waals surface area contributed by atoms with Gasteiger partial charge in [0.25, 0.3) is 5.91 Å². The zero-order valence-electron chi connectivity index (χ0n) is 28.8. The molecule has 6 rings (SSSR count). The number of rotatable bonds is 13. The van der Waals surface area contributed by atoms with Gasteiger partial charge in [-0.1, -0.05) is 42.5 Å². The number of nitrogens with zero attached hydrogens (tertiary/aromatic N) is 5. The van der Waals surface area contributed by atoms with Crippen molar-refractivity contribution in [2.75, 3.05) is 85.3 Å². The quantitative estimate of drug-likeness (QED) is 0.175. The molecule has 0 bridgehead atoms. The van der Waals surface area contributed by atoms with Crippen LogP contribution >= 0.6 is 0 Å². The van der Waals surface area contributed by atoms with Crippen LogP contribution in [0.3, 0.4) is 0 Å². The van der Waals surface area contributed by atoms with Gasteiger partial charge in [-0.2, -0.15) is 0 Å². The number of ether oxygens (including phenoxy) is 4. The second-order valence-electron chi connectivity index (χ2n) is 12.7. The van der Waals surface area contributed by atoms with Crippen LogP contribution in [0.15, 0.2) is 66.7 Å². The number of imidazole rings is 1. The summed E-state index contributed by atoms with van der Waals surface area (Å²) in [5.74, 6) is 2.46. The fourth-order valence-corrected chi connectivity index (χ4v) is 7.40. The maximum atomic E-state index is 13.9. The van der Waals surface area contributed by atoms with Crippen LogP contribution in [0.5, 0.6) is 17.2 Å². The Balaban J connectivity index is 1.16. The Morgan fingerprint density at radius 2 is 1.60 bits per heavy atom. The highest BCUT2D eigenvalue weighted by Gasteiger charge is 2.42. The second-order valence-corrected chi connectivity index (χ2v) is 12.7. The SMILES string of the molecule is CCOCCn1c(N2CCCN(CC[C@]3(c4ccccc4)CCN(C(=O)c4cc(OC)c(OC)c(OC)c4)C3)CC2)nc2ccccc21. The van der Waals surface area contributed by atoms with Gasteiger partial charge < -0.3 is 38.2 Å². The predicted molar refractivity (Wildman–Crippen MR) is 189 cm³/mol. The third-order valence-corrected chi connectivity index (χ3v) is 10.0. The summed E-state index contributed by atoms with van der Waals surface area (Å²) in [6, 6.07) is 22.6. The Kier molecular flexibility index (Phi) is 10.7. The Morgan fingerprint density at radius 3 is 2.33 bits per heavy atom. The number of fused-ring (bicyclic) bond motifs is 1. The summed E-state index contributed by atoms with van der Waals surface area (Å²) >= 11 is 0. The van der Waals surface area contributed by atoms with Crippen molar-refractivity contribution in [2.45, 2.75) is 38.1 Å². The lowest BCUT2D eigenvalue weighted by Crippen LogP contribution is -2.39. The fourth-order valence-electron chi connectivity index (χ4n) is 7.40. The third-order valence-electron chi connectivity index (χ3n) is 10.0. The predicted octanol–water partition coefficient (Wildman–Crippen LogP) is 5.48. The molecule has 2 aliphatic rings. The van der Waals surface area contributed by atoms with Crippen molar-refractivity contribution in [1.82, 2.24) is 19.4 Å². The Hall–Kier alpha value is -4.28. The van der Waals surface area contributed by atoms with E-state index in [4.69, 9.17) is 23.9 Å². The van der Waals surface area contributed by atoms with E-state index in [1.54, 1.807) is 33.5 Å². The summed E-state index contributed by atoms with van der Waals surface area (Å²) in [6.07, 6.45) is 2.96. The highest BCUT2D eigenvalue weighted by atomic mass is 16.5. The van der Waals surface area contributed by atoms with Crippen LogP contribution in [0.1, 0.15) is 42.1 Å². The number of hydrogen-bond acceptors (Lipinski definition) is 8. The molecule has 256 valence electrons. The van der Waals surface area contributed by atoms with E-state index in [0.717, 1.165) is 75.5 Å². The molecule has 2 fully saturated rings. The molecule has 4 aromatic rings. The van der Waals surface area contributed by atoms with Crippen molar-refractivity contribution >= 4 is 22.9 Å². The topological polar surface area (TPSA) is 81.5 Å². The zero-order valence-corrected chi connectivity index (χ0v) is 28.8. The van der Waals surface area contributed by atoms with E-state index in [1.165, 1.54) is 5.56 Å². The number of carbonyl (C=O) groups is 1. The van der Waals surface area contributed by atoms with E-state index in [2.05, 4.69) is 69.0 Å². The number of carbonyl (C=O) groups excluding carboxylic acids is 1. The average Bonchev–Trinajstić information content (AvgIpc) is 3.65. The van der Waals surface area contributed by atoms with E-state index in [-0.39, 0.29) is 11.3 Å². The molecule has 2 aliphatic heterocycles. The summed E-state index contributed by atoms with van der Waals surface area (Å²) in [6.45, 7) is 10.4. The largest absolute Gasteiger partial charge is 0.493 e. The lowest BCUT2D eigenvalue weighted by atomic mass is 9.76. The van der Waals surface area contributed by atoms with Gasteiger partial charge in [0.2, 0.25) is 11.7 Å². The maximum absolute atomic E-state index is 13.9. The number of benzene rings is 3. The summed E-state index contributed by atoms with van der Waals surface area (Å²) in [5, 5.41) is 0. The fraction of sp³-hybridized carbons (Fsp3) is 0.474. The molecule has 1 amide bonds. The molecule has 0 unspecified atom stereocenters. The Bertz CT molecular complexity index is 1650. The minimum Gasteiger partial charge on any atom is -0.493 e. The summed E-state index contributed by atoms with van der Waals surface area (Å²) in [7, 11) is 4.71. The van der Waals surface area contributed by atoms with E-state index in [1.807, 2.05) is 11.8 Å². The summed E-state index contributed by atoms with van der Waals surface area (Å²) in [5.41, 5.74) is 3.89. The second kappa shape index (κ2) is 15.3. The van der Waals surface area contributed by atoms with Crippen molar-refractivity contribution in [3.05, 3.63) is 77.9 Å². The van der Waals surface area contributed by atoms with Gasteiger partial charge in [0, 0.05) is 56.9 Å². The molecule has 10 heteroatoms. The molecule has 3 aromatic carbocycles. The van der Waals surface area contributed by atoms with E-state index >= 15 is 0 Å². The summed E-state index contributed by atoms with van der Waals surface area (Å²) in [4.78, 5) is 26.1. The smallest absolute Gasteiger partial charge is 0.254 e. The number of hydrogen-bond donors (Lipinski definition) is 0. The van der Waals surface area contributed by atoms with E-state index in [0.29, 0.717) is 49.1 Å². The number of aromatic nitrogens is 2. The molecular weight excluding hydrogens is 606 g/mol. The maximum Gasteiger partial charge on any atom is 0.254 e. The van der Waals surface area contributed by atoms with Crippen LogP contribution in [0.2, 0.25) is 0 Å². The van der Waals surface area contributed by atoms with Gasteiger partial charge in [-0.05, 0) is 69.1 Å². The lowest BCUT2D eigenvalue weighted by Gasteiger charge is -2.33. The molecule has 1 aromatic heterocycles. The van der Waals surface area contributed by atoms with Crippen molar-refractivity contribution in [3.8, 4) is 17.2 Å². The van der Waals surface area contributed by atoms with Crippen LogP contribution in [0.25, 0.3) is 11.0 Å². The summed E-state index contributed by atoms with van der Waals surface area (Å²) < 4.78 is 24.6. The standard InChI is InChI=1S/C38H49N5O5/c1-5-48-25-24-43-32-15-10-9-14-31(32)39-37(43)41-19-11-18-40(22-23-41)20-16-38(30-12-7-6-8-13-30)17-21-42(28-38)36(44)29-26-33(45-2)35(47-4)34(27-29)46-3/h6-10,12-15,26-27H,5,11,16-25,28H2,1-4H3/t38-/m0/s1. The van der Waals surface area contributed by atoms with Crippen molar-refractivity contribution in [2.24, 2.45) is 0 Å². The van der Waals surface area contributed by atoms with Gasteiger partial charge in [0.15, 0.2) is 11.5 Å². The van der Waals surface area contributed by atoms with Crippen LogP contribution in [-0.4, -0.2) is 106 Å². The normalized spacial score (nSPS) is 18.7. The van der Waals surface area contributed by atoms with Crippen LogP contribution in [-0.2, 0) is 16.7 Å². The van der Waals surface area contributed by atoms with Crippen molar-refractivity contribution < 1.29 is 23.7 Å². The molecule has 0 aliphatic carbocycles. The average molecular weight is 656 g/mol. The van der Waals surface area contributed by atoms with Gasteiger partial charge >= 0.3 is 0 Å². The highest BCUT2D eigenvalue weighted by molar-refractivity contribution is 5.96. The minimum atomic E-state index is -0.128. The monoisotopic (exact) mass is 655 g/mol. The van der Waals surface area contributed by atoms with Crippen molar-refractivity contribution in [1.29, 1.82) is 0 Å².